The molecule has 1 aliphatic heterocycles. The van der Waals surface area contributed by atoms with Crippen LogP contribution in [0.2, 0.25) is 4.34 Å². The number of hydrogen-bond acceptors (Lipinski definition) is 5. The predicted octanol–water partition coefficient (Wildman–Crippen LogP) is 1.96. The molecule has 1 fully saturated rings. The van der Waals surface area contributed by atoms with Crippen LogP contribution in [-0.4, -0.2) is 42.2 Å². The average molecular weight is 327 g/mol. The molecule has 8 heteroatoms. The Kier molecular flexibility index (Phi) is 4.01. The van der Waals surface area contributed by atoms with Crippen molar-refractivity contribution in [3.8, 4) is 5.19 Å². The number of thiazole rings is 1. The van der Waals surface area contributed by atoms with E-state index in [0.717, 1.165) is 24.4 Å². The van der Waals surface area contributed by atoms with Crippen molar-refractivity contribution in [2.45, 2.75) is 0 Å². The second-order valence-corrected chi connectivity index (χ2v) is 5.46. The minimum Gasteiger partial charge on any atom is -0.381 e. The molecule has 5 nitrogen and oxygen atoms in total. The van der Waals surface area contributed by atoms with Crippen LogP contribution in [0.1, 0.15) is 0 Å². The number of carbonyl (C=O) groups excluding carboxylic acids is 1. The van der Waals surface area contributed by atoms with Gasteiger partial charge in [0.05, 0.1) is 0 Å². The Balaban J connectivity index is 1.95. The molecule has 0 atom stereocenters. The van der Waals surface area contributed by atoms with Gasteiger partial charge in [0.15, 0.2) is 0 Å². The summed E-state index contributed by atoms with van der Waals surface area (Å²) in [4.78, 5) is 17.3. The summed E-state index contributed by atoms with van der Waals surface area (Å²) in [5, 5.41) is 3.42. The zero-order chi connectivity index (χ0) is 11.5. The highest BCUT2D eigenvalue weighted by Crippen LogP contribution is 2.33. The molecule has 0 aliphatic carbocycles. The summed E-state index contributed by atoms with van der Waals surface area (Å²) in [6, 6.07) is 0. The van der Waals surface area contributed by atoms with Crippen molar-refractivity contribution in [3.63, 3.8) is 0 Å². The Labute approximate surface area is 110 Å². The molecule has 88 valence electrons. The molecule has 0 saturated carbocycles. The maximum absolute atomic E-state index is 11.7. The maximum Gasteiger partial charge on any atom is 0.417 e. The Morgan fingerprint density at radius 3 is 2.81 bits per heavy atom. The third-order valence-electron chi connectivity index (χ3n) is 2.08. The first-order valence-corrected chi connectivity index (χ1v) is 6.65. The molecule has 1 aromatic heterocycles. The summed E-state index contributed by atoms with van der Waals surface area (Å²) >= 11 is 10.1. The van der Waals surface area contributed by atoms with Gasteiger partial charge in [-0.05, 0) is 15.9 Å². The van der Waals surface area contributed by atoms with Crippen LogP contribution in [0.3, 0.4) is 0 Å². The van der Waals surface area contributed by atoms with E-state index in [9.17, 15) is 4.79 Å². The van der Waals surface area contributed by atoms with Gasteiger partial charge in [-0.1, -0.05) is 22.9 Å². The van der Waals surface area contributed by atoms with Crippen LogP contribution >= 0.6 is 38.9 Å². The first-order valence-electron chi connectivity index (χ1n) is 4.66. The second kappa shape index (κ2) is 5.31. The number of hydrogen-bond donors (Lipinski definition) is 1. The molecule has 0 bridgehead atoms. The van der Waals surface area contributed by atoms with Crippen LogP contribution in [0.5, 0.6) is 5.19 Å². The highest BCUT2D eigenvalue weighted by Gasteiger charge is 2.20. The number of aromatic nitrogens is 1. The van der Waals surface area contributed by atoms with E-state index in [4.69, 9.17) is 16.3 Å². The number of halogens is 2. The summed E-state index contributed by atoms with van der Waals surface area (Å²) in [6.07, 6.45) is -0.376. The number of ether oxygens (including phenoxy) is 1. The molecule has 16 heavy (non-hydrogen) atoms. The lowest BCUT2D eigenvalue weighted by Crippen LogP contribution is -2.47. The first-order chi connectivity index (χ1) is 7.66. The zero-order valence-electron chi connectivity index (χ0n) is 8.20. The summed E-state index contributed by atoms with van der Waals surface area (Å²) in [5.41, 5.74) is 0. The Morgan fingerprint density at radius 2 is 2.25 bits per heavy atom. The normalized spacial score (nSPS) is 16.2. The lowest BCUT2D eigenvalue weighted by atomic mass is 10.4. The van der Waals surface area contributed by atoms with E-state index in [0.29, 0.717) is 22.0 Å². The van der Waals surface area contributed by atoms with E-state index < -0.39 is 0 Å². The number of carbonyl (C=O) groups is 1. The summed E-state index contributed by atoms with van der Waals surface area (Å²) in [5.74, 6) is 0. The molecule has 0 radical (unpaired) electrons. The topological polar surface area (TPSA) is 54.5 Å². The number of rotatable bonds is 1. The molecule has 1 N–H and O–H groups in total. The monoisotopic (exact) mass is 325 g/mol. The molecule has 2 heterocycles. The van der Waals surface area contributed by atoms with Crippen LogP contribution in [0.4, 0.5) is 4.79 Å². The number of amides is 1. The molecule has 0 spiro atoms. The smallest absolute Gasteiger partial charge is 0.381 e. The highest BCUT2D eigenvalue weighted by molar-refractivity contribution is 9.10. The minimum atomic E-state index is -0.376. The van der Waals surface area contributed by atoms with Gasteiger partial charge in [-0.25, -0.2) is 4.79 Å². The van der Waals surface area contributed by atoms with Crippen molar-refractivity contribution >= 4 is 45.0 Å². The van der Waals surface area contributed by atoms with Crippen molar-refractivity contribution in [2.24, 2.45) is 0 Å². The second-order valence-electron chi connectivity index (χ2n) is 3.15. The van der Waals surface area contributed by atoms with Gasteiger partial charge in [-0.3, -0.25) is 0 Å². The predicted molar refractivity (Wildman–Crippen MR) is 65.3 cm³/mol. The van der Waals surface area contributed by atoms with E-state index in [1.165, 1.54) is 0 Å². The fraction of sp³-hybridized carbons (Fsp3) is 0.500. The fourth-order valence-electron chi connectivity index (χ4n) is 1.30. The Hall–Kier alpha value is -0.370. The standard InChI is InChI=1S/C8H9BrClN3O2S/c9-5-6(10)16-7(12-5)15-8(14)13-3-1-11-2-4-13/h11H,1-4H2. The van der Waals surface area contributed by atoms with Crippen molar-refractivity contribution in [2.75, 3.05) is 26.2 Å². The maximum atomic E-state index is 11.7. The fourth-order valence-corrected chi connectivity index (χ4v) is 2.59. The van der Waals surface area contributed by atoms with Crippen LogP contribution < -0.4 is 10.1 Å². The molecule has 0 aromatic carbocycles. The van der Waals surface area contributed by atoms with E-state index >= 15 is 0 Å². The number of piperazine rings is 1. The summed E-state index contributed by atoms with van der Waals surface area (Å²) in [6.45, 7) is 2.88. The molecule has 1 saturated heterocycles. The zero-order valence-corrected chi connectivity index (χ0v) is 11.4. The number of nitrogens with one attached hydrogen (secondary N) is 1. The van der Waals surface area contributed by atoms with Crippen LogP contribution in [0.15, 0.2) is 4.60 Å². The van der Waals surface area contributed by atoms with E-state index in [2.05, 4.69) is 26.2 Å². The summed E-state index contributed by atoms with van der Waals surface area (Å²) in [7, 11) is 0. The third kappa shape index (κ3) is 2.85. The molecule has 1 aliphatic rings. The largest absolute Gasteiger partial charge is 0.417 e. The quantitative estimate of drug-likeness (QED) is 0.857. The van der Waals surface area contributed by atoms with Gasteiger partial charge in [0, 0.05) is 26.2 Å². The summed E-state index contributed by atoms with van der Waals surface area (Å²) < 4.78 is 6.08. The van der Waals surface area contributed by atoms with Crippen molar-refractivity contribution in [1.82, 2.24) is 15.2 Å². The van der Waals surface area contributed by atoms with Gasteiger partial charge in [0.1, 0.15) is 8.94 Å². The van der Waals surface area contributed by atoms with E-state index in [1.54, 1.807) is 4.90 Å². The van der Waals surface area contributed by atoms with Gasteiger partial charge >= 0.3 is 6.09 Å². The average Bonchev–Trinajstić information content (AvgIpc) is 2.59. The minimum absolute atomic E-state index is 0.264. The third-order valence-corrected chi connectivity index (χ3v) is 4.28. The van der Waals surface area contributed by atoms with Gasteiger partial charge in [-0.15, -0.1) is 0 Å². The van der Waals surface area contributed by atoms with Crippen molar-refractivity contribution < 1.29 is 9.53 Å². The molecule has 1 amide bonds. The molecule has 2 rings (SSSR count). The molecule has 1 aromatic rings. The molecular formula is C8H9BrClN3O2S. The van der Waals surface area contributed by atoms with Crippen molar-refractivity contribution in [1.29, 1.82) is 0 Å². The highest BCUT2D eigenvalue weighted by atomic mass is 79.9. The van der Waals surface area contributed by atoms with Gasteiger partial charge in [0.2, 0.25) is 0 Å². The number of nitrogens with zero attached hydrogens (tertiary/aromatic N) is 2. The van der Waals surface area contributed by atoms with Gasteiger partial charge < -0.3 is 15.0 Å². The van der Waals surface area contributed by atoms with Crippen LogP contribution in [-0.2, 0) is 0 Å². The lowest BCUT2D eigenvalue weighted by Gasteiger charge is -2.25. The van der Waals surface area contributed by atoms with Crippen LogP contribution in [0.25, 0.3) is 0 Å². The van der Waals surface area contributed by atoms with Gasteiger partial charge in [-0.2, -0.15) is 4.98 Å². The van der Waals surface area contributed by atoms with Gasteiger partial charge in [0.25, 0.3) is 5.19 Å². The SMILES string of the molecule is O=C(Oc1nc(Br)c(Cl)s1)N1CCNCC1. The Bertz CT molecular complexity index is 375. The van der Waals surface area contributed by atoms with E-state index in [-0.39, 0.29) is 11.3 Å². The molecular weight excluding hydrogens is 318 g/mol. The van der Waals surface area contributed by atoms with Crippen LogP contribution in [0, 0.1) is 0 Å². The first kappa shape index (κ1) is 12.1. The Morgan fingerprint density at radius 1 is 1.56 bits per heavy atom. The lowest BCUT2D eigenvalue weighted by molar-refractivity contribution is 0.145. The van der Waals surface area contributed by atoms with Crippen molar-refractivity contribution in [3.05, 3.63) is 8.94 Å². The van der Waals surface area contributed by atoms with E-state index in [1.807, 2.05) is 0 Å². The molecule has 0 unspecified atom stereocenters.